The molecule has 1 heterocycles. The molecule has 0 aliphatic heterocycles. The van der Waals surface area contributed by atoms with E-state index in [1.807, 2.05) is 0 Å². The molecular formula is C9H11BrN2O3. The van der Waals surface area contributed by atoms with Crippen molar-refractivity contribution in [3.63, 3.8) is 0 Å². The maximum atomic E-state index is 11.2. The Bertz CT molecular complexity index is 329. The Morgan fingerprint density at radius 3 is 2.67 bits per heavy atom. The van der Waals surface area contributed by atoms with Crippen LogP contribution in [0.2, 0.25) is 0 Å². The summed E-state index contributed by atoms with van der Waals surface area (Å²) >= 11 is 3.19. The highest BCUT2D eigenvalue weighted by molar-refractivity contribution is 9.10. The molecule has 0 aliphatic rings. The minimum Gasteiger partial charge on any atom is -0.463 e. The van der Waals surface area contributed by atoms with Crippen LogP contribution in [0.15, 0.2) is 16.9 Å². The lowest BCUT2D eigenvalue weighted by atomic mass is 10.4. The molecule has 1 rings (SSSR count). The van der Waals surface area contributed by atoms with E-state index in [0.29, 0.717) is 6.61 Å². The average molecular weight is 275 g/mol. The predicted octanol–water partition coefficient (Wildman–Crippen LogP) is 1.57. The molecule has 5 nitrogen and oxygen atoms in total. The van der Waals surface area contributed by atoms with Gasteiger partial charge < -0.3 is 9.47 Å². The maximum absolute atomic E-state index is 11.2. The summed E-state index contributed by atoms with van der Waals surface area (Å²) in [4.78, 5) is 18.9. The van der Waals surface area contributed by atoms with E-state index >= 15 is 0 Å². The van der Waals surface area contributed by atoms with Crippen LogP contribution in [0.1, 0.15) is 13.8 Å². The van der Waals surface area contributed by atoms with Crippen LogP contribution in [-0.4, -0.2) is 28.6 Å². The Labute approximate surface area is 96.0 Å². The first-order valence-corrected chi connectivity index (χ1v) is 5.23. The molecule has 0 saturated heterocycles. The summed E-state index contributed by atoms with van der Waals surface area (Å²) in [7, 11) is 0. The average Bonchev–Trinajstić information content (AvgIpc) is 2.22. The van der Waals surface area contributed by atoms with E-state index in [1.165, 1.54) is 0 Å². The Hall–Kier alpha value is -1.17. The molecule has 0 radical (unpaired) electrons. The largest absolute Gasteiger partial charge is 0.463 e. The van der Waals surface area contributed by atoms with Gasteiger partial charge in [0.25, 0.3) is 0 Å². The third-order valence-electron chi connectivity index (χ3n) is 1.50. The fraction of sp³-hybridized carbons (Fsp3) is 0.444. The van der Waals surface area contributed by atoms with Gasteiger partial charge in [0, 0.05) is 12.4 Å². The van der Waals surface area contributed by atoms with Crippen molar-refractivity contribution in [3.05, 3.63) is 16.9 Å². The molecule has 1 aromatic heterocycles. The molecule has 6 heteroatoms. The molecule has 0 N–H and O–H groups in total. The first-order chi connectivity index (χ1) is 7.13. The van der Waals surface area contributed by atoms with Crippen molar-refractivity contribution in [2.75, 3.05) is 6.61 Å². The summed E-state index contributed by atoms with van der Waals surface area (Å²) in [5.74, 6) is -0.427. The molecule has 1 atom stereocenters. The van der Waals surface area contributed by atoms with E-state index in [9.17, 15) is 4.79 Å². The Kier molecular flexibility index (Phi) is 4.48. The molecule has 0 bridgehead atoms. The van der Waals surface area contributed by atoms with Gasteiger partial charge in [-0.25, -0.2) is 14.8 Å². The summed E-state index contributed by atoms with van der Waals surface area (Å²) in [5.41, 5.74) is 0. The van der Waals surface area contributed by atoms with E-state index in [1.54, 1.807) is 26.2 Å². The normalized spacial score (nSPS) is 11.9. The molecule has 0 fully saturated rings. The van der Waals surface area contributed by atoms with E-state index in [0.717, 1.165) is 4.47 Å². The van der Waals surface area contributed by atoms with Crippen LogP contribution in [0.3, 0.4) is 0 Å². The zero-order chi connectivity index (χ0) is 11.3. The molecule has 1 unspecified atom stereocenters. The standard InChI is InChI=1S/C9H11BrN2O3/c1-3-14-8(13)6(2)15-9-11-4-7(10)5-12-9/h4-6H,3H2,1-2H3. The van der Waals surface area contributed by atoms with E-state index < -0.39 is 12.1 Å². The number of hydrogen-bond donors (Lipinski definition) is 0. The second-order valence-corrected chi connectivity index (χ2v) is 3.61. The maximum Gasteiger partial charge on any atom is 0.347 e. The second kappa shape index (κ2) is 5.65. The number of esters is 1. The number of aromatic nitrogens is 2. The van der Waals surface area contributed by atoms with Gasteiger partial charge in [-0.3, -0.25) is 0 Å². The summed E-state index contributed by atoms with van der Waals surface area (Å²) in [5, 5.41) is 0. The Balaban J connectivity index is 2.54. The van der Waals surface area contributed by atoms with Gasteiger partial charge in [0.15, 0.2) is 6.10 Å². The molecule has 0 spiro atoms. The Morgan fingerprint density at radius 1 is 1.53 bits per heavy atom. The predicted molar refractivity (Wildman–Crippen MR) is 56.5 cm³/mol. The van der Waals surface area contributed by atoms with Crippen molar-refractivity contribution in [3.8, 4) is 6.01 Å². The summed E-state index contributed by atoms with van der Waals surface area (Å²) in [6.45, 7) is 3.65. The molecule has 0 aromatic carbocycles. The molecule has 0 amide bonds. The third kappa shape index (κ3) is 3.83. The Morgan fingerprint density at radius 2 is 2.13 bits per heavy atom. The zero-order valence-electron chi connectivity index (χ0n) is 8.44. The van der Waals surface area contributed by atoms with Gasteiger partial charge in [0.05, 0.1) is 11.1 Å². The van der Waals surface area contributed by atoms with Gasteiger partial charge in [0.1, 0.15) is 0 Å². The molecule has 1 aromatic rings. The third-order valence-corrected chi connectivity index (χ3v) is 1.91. The highest BCUT2D eigenvalue weighted by Gasteiger charge is 2.16. The summed E-state index contributed by atoms with van der Waals surface area (Å²) in [6, 6.07) is 0.152. The topological polar surface area (TPSA) is 61.3 Å². The van der Waals surface area contributed by atoms with Crippen molar-refractivity contribution in [1.82, 2.24) is 9.97 Å². The fourth-order valence-corrected chi connectivity index (χ4v) is 1.03. The van der Waals surface area contributed by atoms with E-state index in [-0.39, 0.29) is 6.01 Å². The molecule has 0 saturated carbocycles. The molecular weight excluding hydrogens is 264 g/mol. The van der Waals surface area contributed by atoms with E-state index in [2.05, 4.69) is 25.9 Å². The SMILES string of the molecule is CCOC(=O)C(C)Oc1ncc(Br)cn1. The van der Waals surface area contributed by atoms with Gasteiger partial charge in [-0.2, -0.15) is 0 Å². The number of nitrogens with zero attached hydrogens (tertiary/aromatic N) is 2. The van der Waals surface area contributed by atoms with Crippen molar-refractivity contribution >= 4 is 21.9 Å². The van der Waals surface area contributed by atoms with Gasteiger partial charge >= 0.3 is 12.0 Å². The van der Waals surface area contributed by atoms with Crippen LogP contribution in [0.25, 0.3) is 0 Å². The van der Waals surface area contributed by atoms with Crippen molar-refractivity contribution in [2.24, 2.45) is 0 Å². The first kappa shape index (κ1) is 11.9. The van der Waals surface area contributed by atoms with Gasteiger partial charge in [-0.05, 0) is 29.8 Å². The van der Waals surface area contributed by atoms with Crippen LogP contribution >= 0.6 is 15.9 Å². The van der Waals surface area contributed by atoms with Crippen LogP contribution < -0.4 is 4.74 Å². The minimum absolute atomic E-state index is 0.152. The smallest absolute Gasteiger partial charge is 0.347 e. The first-order valence-electron chi connectivity index (χ1n) is 4.44. The lowest BCUT2D eigenvalue weighted by molar-refractivity contribution is -0.150. The number of carbonyl (C=O) groups is 1. The fourth-order valence-electron chi connectivity index (χ4n) is 0.827. The molecule has 15 heavy (non-hydrogen) atoms. The number of carbonyl (C=O) groups excluding carboxylic acids is 1. The van der Waals surface area contributed by atoms with E-state index in [4.69, 9.17) is 9.47 Å². The lowest BCUT2D eigenvalue weighted by Crippen LogP contribution is -2.26. The van der Waals surface area contributed by atoms with Crippen LogP contribution in [0.4, 0.5) is 0 Å². The number of ether oxygens (including phenoxy) is 2. The highest BCUT2D eigenvalue weighted by atomic mass is 79.9. The second-order valence-electron chi connectivity index (χ2n) is 2.70. The number of hydrogen-bond acceptors (Lipinski definition) is 5. The minimum atomic E-state index is -0.703. The summed E-state index contributed by atoms with van der Waals surface area (Å²) in [6.07, 6.45) is 2.38. The number of halogens is 1. The van der Waals surface area contributed by atoms with Gasteiger partial charge in [0.2, 0.25) is 0 Å². The zero-order valence-corrected chi connectivity index (χ0v) is 10.0. The van der Waals surface area contributed by atoms with Crippen molar-refractivity contribution in [1.29, 1.82) is 0 Å². The lowest BCUT2D eigenvalue weighted by Gasteiger charge is -2.11. The molecule has 82 valence electrons. The van der Waals surface area contributed by atoms with Crippen molar-refractivity contribution < 1.29 is 14.3 Å². The highest BCUT2D eigenvalue weighted by Crippen LogP contribution is 2.09. The molecule has 0 aliphatic carbocycles. The van der Waals surface area contributed by atoms with Gasteiger partial charge in [-0.1, -0.05) is 0 Å². The van der Waals surface area contributed by atoms with Crippen LogP contribution in [0.5, 0.6) is 6.01 Å². The van der Waals surface area contributed by atoms with Gasteiger partial charge in [-0.15, -0.1) is 0 Å². The monoisotopic (exact) mass is 274 g/mol. The van der Waals surface area contributed by atoms with Crippen LogP contribution in [0, 0.1) is 0 Å². The quantitative estimate of drug-likeness (QED) is 0.780. The summed E-state index contributed by atoms with van der Waals surface area (Å²) < 4.78 is 10.7. The van der Waals surface area contributed by atoms with Crippen LogP contribution in [-0.2, 0) is 9.53 Å². The number of rotatable bonds is 4. The van der Waals surface area contributed by atoms with Crippen molar-refractivity contribution in [2.45, 2.75) is 20.0 Å².